The number of rotatable bonds is 2. The van der Waals surface area contributed by atoms with Gasteiger partial charge in [0.15, 0.2) is 0 Å². The van der Waals surface area contributed by atoms with Gasteiger partial charge in [-0.2, -0.15) is 0 Å². The van der Waals surface area contributed by atoms with E-state index in [1.807, 2.05) is 0 Å². The average Bonchev–Trinajstić information content (AvgIpc) is 2.07. The van der Waals surface area contributed by atoms with Gasteiger partial charge in [0.25, 0.3) is 0 Å². The Balaban J connectivity index is 0.00000225. The maximum Gasteiger partial charge on any atom is 0.325 e. The largest absolute Gasteiger partial charge is 0.461 e. The first-order valence-electron chi connectivity index (χ1n) is 5.71. The minimum absolute atomic E-state index is 0. The molecule has 4 heteroatoms. The SMILES string of the molecule is CC1(C)CCC(OC(=O)C(C)(C)N)CC1.Cl. The number of esters is 1. The predicted molar refractivity (Wildman–Crippen MR) is 67.6 cm³/mol. The fourth-order valence-electron chi connectivity index (χ4n) is 1.79. The van der Waals surface area contributed by atoms with Crippen LogP contribution in [0.5, 0.6) is 0 Å². The van der Waals surface area contributed by atoms with E-state index in [1.54, 1.807) is 13.8 Å². The van der Waals surface area contributed by atoms with Crippen molar-refractivity contribution in [2.75, 3.05) is 0 Å². The molecule has 0 heterocycles. The molecule has 1 saturated carbocycles. The lowest BCUT2D eigenvalue weighted by atomic mass is 9.76. The van der Waals surface area contributed by atoms with E-state index in [0.717, 1.165) is 25.7 Å². The minimum atomic E-state index is -0.868. The summed E-state index contributed by atoms with van der Waals surface area (Å²) in [6.07, 6.45) is 4.25. The number of carbonyl (C=O) groups is 1. The Morgan fingerprint density at radius 2 is 1.75 bits per heavy atom. The van der Waals surface area contributed by atoms with Crippen LogP contribution in [0.2, 0.25) is 0 Å². The highest BCUT2D eigenvalue weighted by molar-refractivity contribution is 5.85. The Kier molecular flexibility index (Phi) is 5.27. The molecule has 0 aromatic carbocycles. The molecule has 0 amide bonds. The topological polar surface area (TPSA) is 52.3 Å². The van der Waals surface area contributed by atoms with Crippen LogP contribution in [0.4, 0.5) is 0 Å². The van der Waals surface area contributed by atoms with Gasteiger partial charge in [0.05, 0.1) is 0 Å². The fraction of sp³-hybridized carbons (Fsp3) is 0.917. The molecule has 0 aromatic heterocycles. The van der Waals surface area contributed by atoms with Crippen molar-refractivity contribution in [2.24, 2.45) is 11.1 Å². The van der Waals surface area contributed by atoms with Crippen LogP contribution in [0.1, 0.15) is 53.4 Å². The monoisotopic (exact) mass is 249 g/mol. The summed E-state index contributed by atoms with van der Waals surface area (Å²) in [6, 6.07) is 0. The lowest BCUT2D eigenvalue weighted by Gasteiger charge is -2.34. The molecular formula is C12H24ClNO2. The van der Waals surface area contributed by atoms with Crippen LogP contribution in [-0.2, 0) is 9.53 Å². The van der Waals surface area contributed by atoms with Crippen LogP contribution in [0.25, 0.3) is 0 Å². The van der Waals surface area contributed by atoms with Gasteiger partial charge < -0.3 is 10.5 Å². The predicted octanol–water partition coefficient (Wildman–Crippen LogP) is 2.66. The molecule has 16 heavy (non-hydrogen) atoms. The average molecular weight is 250 g/mol. The molecule has 2 N–H and O–H groups in total. The van der Waals surface area contributed by atoms with Gasteiger partial charge in [-0.15, -0.1) is 12.4 Å². The second-order valence-electron chi connectivity index (χ2n) is 5.99. The number of carbonyl (C=O) groups excluding carboxylic acids is 1. The molecule has 0 saturated heterocycles. The van der Waals surface area contributed by atoms with E-state index in [9.17, 15) is 4.79 Å². The Bertz CT molecular complexity index is 236. The van der Waals surface area contributed by atoms with Crippen LogP contribution < -0.4 is 5.73 Å². The van der Waals surface area contributed by atoms with Gasteiger partial charge >= 0.3 is 5.97 Å². The van der Waals surface area contributed by atoms with E-state index in [-0.39, 0.29) is 24.5 Å². The molecule has 0 aromatic rings. The Labute approximate surface area is 105 Å². The van der Waals surface area contributed by atoms with Crippen molar-refractivity contribution in [2.45, 2.75) is 65.0 Å². The fourth-order valence-corrected chi connectivity index (χ4v) is 1.79. The van der Waals surface area contributed by atoms with Crippen LogP contribution in [0.3, 0.4) is 0 Å². The normalized spacial score (nSPS) is 21.1. The van der Waals surface area contributed by atoms with E-state index < -0.39 is 5.54 Å². The zero-order valence-corrected chi connectivity index (χ0v) is 11.5. The first kappa shape index (κ1) is 15.7. The summed E-state index contributed by atoms with van der Waals surface area (Å²) in [5, 5.41) is 0. The molecule has 1 aliphatic carbocycles. The van der Waals surface area contributed by atoms with Gasteiger partial charge in [0.1, 0.15) is 11.6 Å². The number of halogens is 1. The van der Waals surface area contributed by atoms with E-state index in [4.69, 9.17) is 10.5 Å². The second-order valence-corrected chi connectivity index (χ2v) is 5.99. The zero-order valence-electron chi connectivity index (χ0n) is 10.7. The number of ether oxygens (including phenoxy) is 1. The van der Waals surface area contributed by atoms with Gasteiger partial charge in [-0.1, -0.05) is 13.8 Å². The first-order chi connectivity index (χ1) is 6.71. The molecule has 0 atom stereocenters. The maximum atomic E-state index is 11.5. The maximum absolute atomic E-state index is 11.5. The summed E-state index contributed by atoms with van der Waals surface area (Å²) in [4.78, 5) is 11.5. The second kappa shape index (κ2) is 5.37. The van der Waals surface area contributed by atoms with Gasteiger partial charge in [0, 0.05) is 0 Å². The molecule has 1 aliphatic rings. The van der Waals surface area contributed by atoms with Crippen molar-refractivity contribution < 1.29 is 9.53 Å². The molecule has 0 bridgehead atoms. The standard InChI is InChI=1S/C12H23NO2.ClH/c1-11(2)7-5-9(6-8-11)15-10(14)12(3,4)13;/h9H,5-8,13H2,1-4H3;1H. The highest BCUT2D eigenvalue weighted by atomic mass is 35.5. The summed E-state index contributed by atoms with van der Waals surface area (Å²) in [6.45, 7) is 7.89. The van der Waals surface area contributed by atoms with Crippen LogP contribution >= 0.6 is 12.4 Å². The van der Waals surface area contributed by atoms with Crippen molar-refractivity contribution in [3.05, 3.63) is 0 Å². The summed E-state index contributed by atoms with van der Waals surface area (Å²) in [7, 11) is 0. The van der Waals surface area contributed by atoms with Gasteiger partial charge in [-0.25, -0.2) is 0 Å². The summed E-state index contributed by atoms with van der Waals surface area (Å²) in [5.74, 6) is -0.285. The highest BCUT2D eigenvalue weighted by Crippen LogP contribution is 2.36. The van der Waals surface area contributed by atoms with Crippen molar-refractivity contribution >= 4 is 18.4 Å². The van der Waals surface area contributed by atoms with Crippen LogP contribution in [0.15, 0.2) is 0 Å². The third-order valence-corrected chi connectivity index (χ3v) is 3.09. The molecule has 1 fully saturated rings. The van der Waals surface area contributed by atoms with Crippen molar-refractivity contribution in [1.29, 1.82) is 0 Å². The molecule has 0 radical (unpaired) electrons. The smallest absolute Gasteiger partial charge is 0.325 e. The number of nitrogens with two attached hydrogens (primary N) is 1. The number of hydrogen-bond acceptors (Lipinski definition) is 3. The van der Waals surface area contributed by atoms with Gasteiger partial charge in [-0.05, 0) is 44.9 Å². The molecule has 0 spiro atoms. The summed E-state index contributed by atoms with van der Waals surface area (Å²) >= 11 is 0. The Morgan fingerprint density at radius 3 is 2.12 bits per heavy atom. The summed E-state index contributed by atoms with van der Waals surface area (Å²) < 4.78 is 5.39. The lowest BCUT2D eigenvalue weighted by Crippen LogP contribution is -2.45. The van der Waals surface area contributed by atoms with Crippen LogP contribution in [-0.4, -0.2) is 17.6 Å². The molecule has 3 nitrogen and oxygen atoms in total. The molecular weight excluding hydrogens is 226 g/mol. The van der Waals surface area contributed by atoms with Gasteiger partial charge in [-0.3, -0.25) is 4.79 Å². The zero-order chi connectivity index (χ0) is 11.7. The van der Waals surface area contributed by atoms with E-state index >= 15 is 0 Å². The molecule has 0 unspecified atom stereocenters. The van der Waals surface area contributed by atoms with Crippen molar-refractivity contribution in [3.8, 4) is 0 Å². The quantitative estimate of drug-likeness (QED) is 0.766. The lowest BCUT2D eigenvalue weighted by molar-refractivity contribution is -0.156. The molecule has 0 aliphatic heterocycles. The van der Waals surface area contributed by atoms with E-state index in [1.165, 1.54) is 0 Å². The number of hydrogen-bond donors (Lipinski definition) is 1. The summed E-state index contributed by atoms with van der Waals surface area (Å²) in [5.41, 5.74) is 5.21. The molecule has 1 rings (SSSR count). The Hall–Kier alpha value is -0.280. The molecule has 96 valence electrons. The van der Waals surface area contributed by atoms with Crippen molar-refractivity contribution in [1.82, 2.24) is 0 Å². The third kappa shape index (κ3) is 4.71. The first-order valence-corrected chi connectivity index (χ1v) is 5.71. The highest BCUT2D eigenvalue weighted by Gasteiger charge is 2.32. The van der Waals surface area contributed by atoms with Gasteiger partial charge in [0.2, 0.25) is 0 Å². The van der Waals surface area contributed by atoms with E-state index in [2.05, 4.69) is 13.8 Å². The Morgan fingerprint density at radius 1 is 1.31 bits per heavy atom. The third-order valence-electron chi connectivity index (χ3n) is 3.09. The minimum Gasteiger partial charge on any atom is -0.461 e. The van der Waals surface area contributed by atoms with Crippen molar-refractivity contribution in [3.63, 3.8) is 0 Å². The van der Waals surface area contributed by atoms with E-state index in [0.29, 0.717) is 5.41 Å². The van der Waals surface area contributed by atoms with Crippen LogP contribution in [0, 0.1) is 5.41 Å².